The van der Waals surface area contributed by atoms with Crippen LogP contribution in [0.3, 0.4) is 0 Å². The molecule has 1 N–H and O–H groups in total. The number of anilines is 2. The molecule has 20 heavy (non-hydrogen) atoms. The van der Waals surface area contributed by atoms with E-state index in [1.807, 2.05) is 30.3 Å². The Morgan fingerprint density at radius 1 is 1.15 bits per heavy atom. The molecule has 0 saturated carbocycles. The van der Waals surface area contributed by atoms with E-state index in [-0.39, 0.29) is 0 Å². The molecular formula is C16H19BrN2O. The Hall–Kier alpha value is -1.68. The van der Waals surface area contributed by atoms with Crippen molar-refractivity contribution in [2.45, 2.75) is 0 Å². The van der Waals surface area contributed by atoms with E-state index in [0.29, 0.717) is 0 Å². The highest BCUT2D eigenvalue weighted by Crippen LogP contribution is 2.19. The molecule has 0 amide bonds. The van der Waals surface area contributed by atoms with Crippen LogP contribution in [0.5, 0.6) is 5.75 Å². The Morgan fingerprint density at radius 3 is 2.60 bits per heavy atom. The summed E-state index contributed by atoms with van der Waals surface area (Å²) in [6, 6.07) is 16.3. The second kappa shape index (κ2) is 7.20. The first-order valence-corrected chi connectivity index (χ1v) is 7.33. The molecule has 0 atom stereocenters. The number of rotatable bonds is 6. The Balaban J connectivity index is 1.85. The molecule has 0 aromatic heterocycles. The molecule has 2 rings (SSSR count). The molecule has 0 fully saturated rings. The van der Waals surface area contributed by atoms with Crippen molar-refractivity contribution >= 4 is 27.3 Å². The number of methoxy groups -OCH3 is 1. The van der Waals surface area contributed by atoms with E-state index in [1.165, 1.54) is 0 Å². The number of hydrogen-bond donors (Lipinski definition) is 1. The maximum Gasteiger partial charge on any atom is 0.120 e. The third-order valence-electron chi connectivity index (χ3n) is 3.11. The Labute approximate surface area is 128 Å². The monoisotopic (exact) mass is 334 g/mol. The van der Waals surface area contributed by atoms with Crippen LogP contribution < -0.4 is 15.0 Å². The van der Waals surface area contributed by atoms with Gasteiger partial charge in [0.15, 0.2) is 0 Å². The summed E-state index contributed by atoms with van der Waals surface area (Å²) in [6.07, 6.45) is 0. The molecule has 0 saturated heterocycles. The van der Waals surface area contributed by atoms with Gasteiger partial charge in [-0.1, -0.05) is 22.0 Å². The van der Waals surface area contributed by atoms with E-state index in [4.69, 9.17) is 4.74 Å². The number of likely N-dealkylation sites (N-methyl/N-ethyl adjacent to an activating group) is 1. The van der Waals surface area contributed by atoms with E-state index in [0.717, 1.165) is 34.7 Å². The number of hydrogen-bond acceptors (Lipinski definition) is 3. The summed E-state index contributed by atoms with van der Waals surface area (Å²) < 4.78 is 6.34. The van der Waals surface area contributed by atoms with E-state index in [2.05, 4.69) is 51.4 Å². The third kappa shape index (κ3) is 4.17. The topological polar surface area (TPSA) is 24.5 Å². The van der Waals surface area contributed by atoms with Gasteiger partial charge in [-0.2, -0.15) is 0 Å². The molecule has 106 valence electrons. The van der Waals surface area contributed by atoms with Crippen molar-refractivity contribution in [2.75, 3.05) is 37.5 Å². The molecule has 0 bridgehead atoms. The zero-order valence-corrected chi connectivity index (χ0v) is 13.4. The second-order valence-electron chi connectivity index (χ2n) is 4.56. The van der Waals surface area contributed by atoms with Crippen molar-refractivity contribution in [1.82, 2.24) is 0 Å². The minimum absolute atomic E-state index is 0.884. The minimum Gasteiger partial charge on any atom is -0.497 e. The number of ether oxygens (including phenoxy) is 1. The van der Waals surface area contributed by atoms with Gasteiger partial charge in [0.1, 0.15) is 5.75 Å². The van der Waals surface area contributed by atoms with Gasteiger partial charge >= 0.3 is 0 Å². The van der Waals surface area contributed by atoms with E-state index < -0.39 is 0 Å². The van der Waals surface area contributed by atoms with Gasteiger partial charge in [-0.25, -0.2) is 0 Å². The number of halogens is 1. The summed E-state index contributed by atoms with van der Waals surface area (Å²) in [7, 11) is 3.77. The van der Waals surface area contributed by atoms with Crippen LogP contribution in [-0.2, 0) is 0 Å². The molecule has 0 heterocycles. The van der Waals surface area contributed by atoms with Crippen LogP contribution in [0.1, 0.15) is 0 Å². The van der Waals surface area contributed by atoms with Crippen molar-refractivity contribution < 1.29 is 4.74 Å². The van der Waals surface area contributed by atoms with Gasteiger partial charge < -0.3 is 15.0 Å². The maximum absolute atomic E-state index is 5.24. The molecule has 2 aromatic carbocycles. The first-order valence-electron chi connectivity index (χ1n) is 6.53. The highest BCUT2D eigenvalue weighted by Gasteiger charge is 2.02. The third-order valence-corrected chi connectivity index (χ3v) is 3.64. The van der Waals surface area contributed by atoms with Crippen LogP contribution in [0, 0.1) is 0 Å². The first-order chi connectivity index (χ1) is 9.69. The largest absolute Gasteiger partial charge is 0.497 e. The summed E-state index contributed by atoms with van der Waals surface area (Å²) in [4.78, 5) is 2.20. The van der Waals surface area contributed by atoms with Crippen molar-refractivity contribution in [1.29, 1.82) is 0 Å². The first kappa shape index (κ1) is 14.7. The summed E-state index contributed by atoms with van der Waals surface area (Å²) in [5, 5.41) is 3.41. The lowest BCUT2D eigenvalue weighted by molar-refractivity contribution is 0.415. The number of nitrogens with zero attached hydrogens (tertiary/aromatic N) is 1. The highest BCUT2D eigenvalue weighted by molar-refractivity contribution is 9.10. The Bertz CT molecular complexity index is 542. The van der Waals surface area contributed by atoms with Crippen LogP contribution in [-0.4, -0.2) is 27.2 Å². The van der Waals surface area contributed by atoms with Crippen LogP contribution in [0.4, 0.5) is 11.4 Å². The smallest absolute Gasteiger partial charge is 0.120 e. The van der Waals surface area contributed by atoms with Gasteiger partial charge in [0, 0.05) is 42.1 Å². The van der Waals surface area contributed by atoms with E-state index >= 15 is 0 Å². The molecule has 4 heteroatoms. The van der Waals surface area contributed by atoms with Gasteiger partial charge in [0.25, 0.3) is 0 Å². The van der Waals surface area contributed by atoms with Gasteiger partial charge in [-0.3, -0.25) is 0 Å². The van der Waals surface area contributed by atoms with Gasteiger partial charge in [-0.05, 0) is 36.4 Å². The lowest BCUT2D eigenvalue weighted by atomic mass is 10.2. The van der Waals surface area contributed by atoms with Gasteiger partial charge in [-0.15, -0.1) is 0 Å². The fourth-order valence-electron chi connectivity index (χ4n) is 1.91. The summed E-state index contributed by atoms with van der Waals surface area (Å²) in [6.45, 7) is 1.80. The zero-order valence-electron chi connectivity index (χ0n) is 11.8. The van der Waals surface area contributed by atoms with Crippen LogP contribution in [0.2, 0.25) is 0 Å². The van der Waals surface area contributed by atoms with Crippen molar-refractivity contribution in [3.05, 3.63) is 53.0 Å². The predicted octanol–water partition coefficient (Wildman–Crippen LogP) is 4.01. The molecule has 2 aromatic rings. The highest BCUT2D eigenvalue weighted by atomic mass is 79.9. The van der Waals surface area contributed by atoms with Crippen LogP contribution in [0.15, 0.2) is 53.0 Å². The quantitative estimate of drug-likeness (QED) is 0.863. The second-order valence-corrected chi connectivity index (χ2v) is 5.47. The average Bonchev–Trinajstić information content (AvgIpc) is 2.49. The predicted molar refractivity (Wildman–Crippen MR) is 88.9 cm³/mol. The molecule has 0 aliphatic heterocycles. The molecule has 0 aliphatic carbocycles. The summed E-state index contributed by atoms with van der Waals surface area (Å²) >= 11 is 3.43. The van der Waals surface area contributed by atoms with Crippen LogP contribution in [0.25, 0.3) is 0 Å². The average molecular weight is 335 g/mol. The molecule has 0 unspecified atom stereocenters. The molecule has 3 nitrogen and oxygen atoms in total. The summed E-state index contributed by atoms with van der Waals surface area (Å²) in [5.41, 5.74) is 2.29. The molecule has 0 spiro atoms. The normalized spacial score (nSPS) is 10.2. The van der Waals surface area contributed by atoms with Crippen molar-refractivity contribution in [2.24, 2.45) is 0 Å². The lowest BCUT2D eigenvalue weighted by Crippen LogP contribution is -2.24. The Morgan fingerprint density at radius 2 is 1.90 bits per heavy atom. The van der Waals surface area contributed by atoms with Crippen molar-refractivity contribution in [3.8, 4) is 5.75 Å². The summed E-state index contributed by atoms with van der Waals surface area (Å²) in [5.74, 6) is 0.884. The standard InChI is InChI=1S/C16H19BrN2O/c1-19(15-4-3-5-16(12-15)20-2)11-10-18-14-8-6-13(17)7-9-14/h3-9,12,18H,10-11H2,1-2H3. The molecular weight excluding hydrogens is 316 g/mol. The lowest BCUT2D eigenvalue weighted by Gasteiger charge is -2.20. The van der Waals surface area contributed by atoms with E-state index in [1.54, 1.807) is 7.11 Å². The zero-order chi connectivity index (χ0) is 14.4. The van der Waals surface area contributed by atoms with Crippen LogP contribution >= 0.6 is 15.9 Å². The fourth-order valence-corrected chi connectivity index (χ4v) is 2.18. The molecule has 0 aliphatic rings. The minimum atomic E-state index is 0.884. The van der Waals surface area contributed by atoms with Crippen molar-refractivity contribution in [3.63, 3.8) is 0 Å². The SMILES string of the molecule is COc1cccc(N(C)CCNc2ccc(Br)cc2)c1. The maximum atomic E-state index is 5.24. The van der Waals surface area contributed by atoms with E-state index in [9.17, 15) is 0 Å². The fraction of sp³-hybridized carbons (Fsp3) is 0.250. The number of nitrogens with one attached hydrogen (secondary N) is 1. The Kier molecular flexibility index (Phi) is 5.30. The molecule has 0 radical (unpaired) electrons. The number of benzene rings is 2. The van der Waals surface area contributed by atoms with Gasteiger partial charge in [0.2, 0.25) is 0 Å². The van der Waals surface area contributed by atoms with Gasteiger partial charge in [0.05, 0.1) is 7.11 Å².